The van der Waals surface area contributed by atoms with Crippen molar-refractivity contribution in [1.82, 2.24) is 10.2 Å². The lowest BCUT2D eigenvalue weighted by molar-refractivity contribution is -0.138. The van der Waals surface area contributed by atoms with Gasteiger partial charge in [-0.1, -0.05) is 12.1 Å². The number of carbonyl (C=O) groups excluding carboxylic acids is 1. The zero-order chi connectivity index (χ0) is 17.1. The van der Waals surface area contributed by atoms with Crippen LogP contribution in [0.2, 0.25) is 0 Å². The van der Waals surface area contributed by atoms with Crippen LogP contribution in [-0.2, 0) is 16.0 Å². The summed E-state index contributed by atoms with van der Waals surface area (Å²) in [5.41, 5.74) is 1.10. The second-order valence-corrected chi connectivity index (χ2v) is 5.64. The van der Waals surface area contributed by atoms with Gasteiger partial charge in [0.15, 0.2) is 0 Å². The van der Waals surface area contributed by atoms with Gasteiger partial charge in [0.25, 0.3) is 0 Å². The maximum absolute atomic E-state index is 11.4. The Balaban J connectivity index is 2.21. The number of hydrogen-bond donors (Lipinski definition) is 2. The van der Waals surface area contributed by atoms with E-state index < -0.39 is 5.97 Å². The molecular weight excluding hydrogens is 296 g/mol. The van der Waals surface area contributed by atoms with E-state index in [4.69, 9.17) is 9.84 Å². The van der Waals surface area contributed by atoms with Crippen LogP contribution in [0.4, 0.5) is 0 Å². The Hall–Kier alpha value is -2.08. The number of benzene rings is 1. The summed E-state index contributed by atoms with van der Waals surface area (Å²) in [5, 5.41) is 11.2. The van der Waals surface area contributed by atoms with E-state index in [0.717, 1.165) is 24.3 Å². The largest absolute Gasteiger partial charge is 0.494 e. The van der Waals surface area contributed by atoms with Crippen LogP contribution in [0.3, 0.4) is 0 Å². The van der Waals surface area contributed by atoms with E-state index in [1.165, 1.54) is 0 Å². The molecule has 0 unspecified atom stereocenters. The lowest BCUT2D eigenvalue weighted by atomic mass is 10.1. The van der Waals surface area contributed by atoms with Crippen molar-refractivity contribution >= 4 is 11.9 Å². The number of nitrogens with zero attached hydrogens (tertiary/aromatic N) is 1. The first-order chi connectivity index (χ1) is 11.0. The van der Waals surface area contributed by atoms with E-state index in [1.54, 1.807) is 0 Å². The molecule has 1 rings (SSSR count). The maximum Gasteiger partial charge on any atom is 0.303 e. The summed E-state index contributed by atoms with van der Waals surface area (Å²) in [6, 6.07) is 7.81. The number of amides is 1. The summed E-state index contributed by atoms with van der Waals surface area (Å²) in [6.07, 6.45) is 1.58. The average Bonchev–Trinajstić information content (AvgIpc) is 2.51. The van der Waals surface area contributed by atoms with Crippen molar-refractivity contribution in [2.45, 2.75) is 25.7 Å². The topological polar surface area (TPSA) is 78.9 Å². The van der Waals surface area contributed by atoms with Gasteiger partial charge in [0.1, 0.15) is 5.75 Å². The molecule has 0 spiro atoms. The molecule has 0 atom stereocenters. The third-order valence-corrected chi connectivity index (χ3v) is 3.24. The smallest absolute Gasteiger partial charge is 0.303 e. The molecule has 0 aromatic heterocycles. The molecule has 128 valence electrons. The van der Waals surface area contributed by atoms with E-state index in [9.17, 15) is 9.59 Å². The third kappa shape index (κ3) is 9.52. The SMILES string of the molecule is CN(C)CCCOc1ccc(CCNC(=O)CCC(=O)O)cc1. The van der Waals surface area contributed by atoms with Gasteiger partial charge in [-0.2, -0.15) is 0 Å². The fourth-order valence-corrected chi connectivity index (χ4v) is 1.98. The number of aliphatic carboxylic acids is 1. The second-order valence-electron chi connectivity index (χ2n) is 5.64. The normalized spacial score (nSPS) is 10.6. The molecule has 0 saturated carbocycles. The summed E-state index contributed by atoms with van der Waals surface area (Å²) in [6.45, 7) is 2.19. The van der Waals surface area contributed by atoms with Gasteiger partial charge >= 0.3 is 5.97 Å². The van der Waals surface area contributed by atoms with Crippen molar-refractivity contribution in [3.05, 3.63) is 29.8 Å². The Morgan fingerprint density at radius 1 is 1.17 bits per heavy atom. The highest BCUT2D eigenvalue weighted by Gasteiger charge is 2.04. The number of carboxylic acid groups (broad SMARTS) is 1. The van der Waals surface area contributed by atoms with Gasteiger partial charge in [0, 0.05) is 19.5 Å². The van der Waals surface area contributed by atoms with E-state index in [0.29, 0.717) is 19.6 Å². The van der Waals surface area contributed by atoms with E-state index >= 15 is 0 Å². The molecule has 6 nitrogen and oxygen atoms in total. The van der Waals surface area contributed by atoms with Crippen LogP contribution in [0.25, 0.3) is 0 Å². The molecule has 0 saturated heterocycles. The first kappa shape index (κ1) is 19.0. The molecule has 0 fully saturated rings. The number of carboxylic acids is 1. The summed E-state index contributed by atoms with van der Waals surface area (Å²) in [7, 11) is 4.07. The van der Waals surface area contributed by atoms with E-state index in [2.05, 4.69) is 10.2 Å². The van der Waals surface area contributed by atoms with Gasteiger partial charge in [-0.25, -0.2) is 0 Å². The molecule has 2 N–H and O–H groups in total. The summed E-state index contributed by atoms with van der Waals surface area (Å²) >= 11 is 0. The van der Waals surface area contributed by atoms with Crippen LogP contribution in [-0.4, -0.2) is 55.7 Å². The van der Waals surface area contributed by atoms with Gasteiger partial charge in [-0.15, -0.1) is 0 Å². The molecule has 6 heteroatoms. The van der Waals surface area contributed by atoms with E-state index in [-0.39, 0.29) is 18.7 Å². The number of nitrogens with one attached hydrogen (secondary N) is 1. The molecule has 1 aromatic carbocycles. The monoisotopic (exact) mass is 322 g/mol. The average molecular weight is 322 g/mol. The number of ether oxygens (including phenoxy) is 1. The lowest BCUT2D eigenvalue weighted by Crippen LogP contribution is -2.25. The van der Waals surface area contributed by atoms with Crippen molar-refractivity contribution in [2.75, 3.05) is 33.8 Å². The second kappa shape index (κ2) is 10.6. The van der Waals surface area contributed by atoms with Gasteiger partial charge in [0.2, 0.25) is 5.91 Å². The Morgan fingerprint density at radius 3 is 2.48 bits per heavy atom. The Bertz CT molecular complexity index is 486. The maximum atomic E-state index is 11.4. The molecule has 0 heterocycles. The van der Waals surface area contributed by atoms with Crippen molar-refractivity contribution in [3.63, 3.8) is 0 Å². The molecule has 1 amide bonds. The standard InChI is InChI=1S/C17H26N2O4/c1-19(2)12-3-13-23-15-6-4-14(5-7-15)10-11-18-16(20)8-9-17(21)22/h4-7H,3,8-13H2,1-2H3,(H,18,20)(H,21,22). The van der Waals surface area contributed by atoms with Crippen LogP contribution >= 0.6 is 0 Å². The van der Waals surface area contributed by atoms with Gasteiger partial charge in [0.05, 0.1) is 13.0 Å². The van der Waals surface area contributed by atoms with Crippen LogP contribution in [0.5, 0.6) is 5.75 Å². The Morgan fingerprint density at radius 2 is 1.87 bits per heavy atom. The van der Waals surface area contributed by atoms with Crippen molar-refractivity contribution < 1.29 is 19.4 Å². The highest BCUT2D eigenvalue weighted by Crippen LogP contribution is 2.12. The quantitative estimate of drug-likeness (QED) is 0.604. The van der Waals surface area contributed by atoms with Crippen LogP contribution in [0.15, 0.2) is 24.3 Å². The number of rotatable bonds is 11. The summed E-state index contributed by atoms with van der Waals surface area (Å²) < 4.78 is 5.66. The van der Waals surface area contributed by atoms with Gasteiger partial charge in [-0.05, 0) is 44.6 Å². The Labute approximate surface area is 137 Å². The van der Waals surface area contributed by atoms with Gasteiger partial charge in [-0.3, -0.25) is 9.59 Å². The fourth-order valence-electron chi connectivity index (χ4n) is 1.98. The van der Waals surface area contributed by atoms with Crippen LogP contribution < -0.4 is 10.1 Å². The van der Waals surface area contributed by atoms with Crippen LogP contribution in [0.1, 0.15) is 24.8 Å². The third-order valence-electron chi connectivity index (χ3n) is 3.24. The highest BCUT2D eigenvalue weighted by atomic mass is 16.5. The predicted octanol–water partition coefficient (Wildman–Crippen LogP) is 1.54. The molecular formula is C17H26N2O4. The lowest BCUT2D eigenvalue weighted by Gasteiger charge is -2.11. The molecule has 23 heavy (non-hydrogen) atoms. The minimum atomic E-state index is -0.957. The van der Waals surface area contributed by atoms with Crippen molar-refractivity contribution in [2.24, 2.45) is 0 Å². The number of carbonyl (C=O) groups is 2. The predicted molar refractivity (Wildman–Crippen MR) is 88.7 cm³/mol. The first-order valence-corrected chi connectivity index (χ1v) is 7.82. The minimum absolute atomic E-state index is 0.0229. The molecule has 0 aliphatic rings. The number of hydrogen-bond acceptors (Lipinski definition) is 4. The molecule has 0 aliphatic carbocycles. The first-order valence-electron chi connectivity index (χ1n) is 7.82. The van der Waals surface area contributed by atoms with Crippen molar-refractivity contribution in [1.29, 1.82) is 0 Å². The fraction of sp³-hybridized carbons (Fsp3) is 0.529. The summed E-state index contributed by atoms with van der Waals surface area (Å²) in [4.78, 5) is 23.9. The molecule has 0 bridgehead atoms. The molecule has 0 radical (unpaired) electrons. The van der Waals surface area contributed by atoms with Crippen molar-refractivity contribution in [3.8, 4) is 5.75 Å². The minimum Gasteiger partial charge on any atom is -0.494 e. The summed E-state index contributed by atoms with van der Waals surface area (Å²) in [5.74, 6) is -0.340. The van der Waals surface area contributed by atoms with E-state index in [1.807, 2.05) is 38.4 Å². The zero-order valence-electron chi connectivity index (χ0n) is 13.9. The van der Waals surface area contributed by atoms with Gasteiger partial charge < -0.3 is 20.1 Å². The molecule has 1 aromatic rings. The Kier molecular flexibility index (Phi) is 8.75. The molecule has 0 aliphatic heterocycles. The van der Waals surface area contributed by atoms with Crippen LogP contribution in [0, 0.1) is 0 Å². The highest BCUT2D eigenvalue weighted by molar-refractivity contribution is 5.80. The zero-order valence-corrected chi connectivity index (χ0v) is 13.9.